The van der Waals surface area contributed by atoms with Crippen LogP contribution in [0.1, 0.15) is 71.6 Å². The molecule has 1 heterocycles. The molecule has 0 aromatic heterocycles. The lowest BCUT2D eigenvalue weighted by molar-refractivity contribution is -0.0494. The van der Waals surface area contributed by atoms with Crippen LogP contribution >= 0.6 is 0 Å². The minimum absolute atomic E-state index is 0.346. The van der Waals surface area contributed by atoms with Crippen LogP contribution < -0.4 is 0 Å². The van der Waals surface area contributed by atoms with Gasteiger partial charge in [0.05, 0.1) is 5.60 Å². The first kappa shape index (κ1) is 15.3. The number of nitrogens with zero attached hydrogens (tertiary/aromatic N) is 1. The van der Waals surface area contributed by atoms with Crippen molar-refractivity contribution >= 4 is 0 Å². The fourth-order valence-corrected chi connectivity index (χ4v) is 4.25. The lowest BCUT2D eigenvalue weighted by atomic mass is 9.70. The van der Waals surface area contributed by atoms with E-state index in [4.69, 9.17) is 0 Å². The van der Waals surface area contributed by atoms with E-state index in [9.17, 15) is 5.11 Å². The average molecular weight is 267 g/mol. The molecular formula is C17H33NO. The van der Waals surface area contributed by atoms with E-state index in [2.05, 4.69) is 18.7 Å². The number of rotatable bonds is 4. The van der Waals surface area contributed by atoms with Crippen LogP contribution in [0.3, 0.4) is 0 Å². The van der Waals surface area contributed by atoms with Gasteiger partial charge in [-0.1, -0.05) is 33.1 Å². The summed E-state index contributed by atoms with van der Waals surface area (Å²) in [4.78, 5) is 2.55. The van der Waals surface area contributed by atoms with E-state index in [0.29, 0.717) is 5.92 Å². The van der Waals surface area contributed by atoms with E-state index < -0.39 is 0 Å². The summed E-state index contributed by atoms with van der Waals surface area (Å²) >= 11 is 0. The zero-order valence-corrected chi connectivity index (χ0v) is 13.0. The molecule has 1 N–H and O–H groups in total. The van der Waals surface area contributed by atoms with Crippen LogP contribution in [0.2, 0.25) is 0 Å². The third kappa shape index (κ3) is 3.95. The number of hydrogen-bond donors (Lipinski definition) is 1. The Bertz CT molecular complexity index is 260. The van der Waals surface area contributed by atoms with Crippen molar-refractivity contribution in [3.63, 3.8) is 0 Å². The maximum atomic E-state index is 11.1. The Morgan fingerprint density at radius 2 is 1.79 bits per heavy atom. The minimum Gasteiger partial charge on any atom is -0.390 e. The molecule has 2 aliphatic rings. The molecule has 0 aromatic rings. The van der Waals surface area contributed by atoms with Crippen molar-refractivity contribution in [1.29, 1.82) is 0 Å². The van der Waals surface area contributed by atoms with Crippen LogP contribution in [0, 0.1) is 11.8 Å². The maximum Gasteiger partial charge on any atom is 0.0688 e. The second kappa shape index (κ2) is 7.08. The molecular weight excluding hydrogens is 234 g/mol. The molecule has 0 radical (unpaired) electrons. The smallest absolute Gasteiger partial charge is 0.0688 e. The van der Waals surface area contributed by atoms with Crippen molar-refractivity contribution in [2.45, 2.75) is 77.2 Å². The first-order chi connectivity index (χ1) is 9.18. The maximum absolute atomic E-state index is 11.1. The van der Waals surface area contributed by atoms with Crippen molar-refractivity contribution in [2.24, 2.45) is 11.8 Å². The van der Waals surface area contributed by atoms with Crippen molar-refractivity contribution in [3.8, 4) is 0 Å². The predicted octanol–water partition coefficient (Wildman–Crippen LogP) is 3.83. The Hall–Kier alpha value is -0.0800. The molecule has 112 valence electrons. The average Bonchev–Trinajstić information content (AvgIpc) is 2.63. The van der Waals surface area contributed by atoms with Crippen LogP contribution in [-0.2, 0) is 0 Å². The predicted molar refractivity (Wildman–Crippen MR) is 81.3 cm³/mol. The molecule has 2 fully saturated rings. The van der Waals surface area contributed by atoms with Gasteiger partial charge in [0.1, 0.15) is 0 Å². The zero-order chi connectivity index (χ0) is 13.7. The zero-order valence-electron chi connectivity index (χ0n) is 13.0. The highest BCUT2D eigenvalue weighted by Crippen LogP contribution is 2.41. The van der Waals surface area contributed by atoms with Gasteiger partial charge in [-0.2, -0.15) is 0 Å². The van der Waals surface area contributed by atoms with Crippen LogP contribution in [-0.4, -0.2) is 35.2 Å². The Kier molecular flexibility index (Phi) is 5.70. The van der Waals surface area contributed by atoms with Gasteiger partial charge < -0.3 is 10.0 Å². The molecule has 1 unspecified atom stereocenters. The fourth-order valence-electron chi connectivity index (χ4n) is 4.25. The Morgan fingerprint density at radius 3 is 2.42 bits per heavy atom. The summed E-state index contributed by atoms with van der Waals surface area (Å²) in [7, 11) is 0. The first-order valence-corrected chi connectivity index (χ1v) is 8.62. The molecule has 2 heteroatoms. The van der Waals surface area contributed by atoms with Gasteiger partial charge in [-0.25, -0.2) is 0 Å². The first-order valence-electron chi connectivity index (χ1n) is 8.62. The van der Waals surface area contributed by atoms with Gasteiger partial charge in [0.2, 0.25) is 0 Å². The highest BCUT2D eigenvalue weighted by molar-refractivity contribution is 4.92. The summed E-state index contributed by atoms with van der Waals surface area (Å²) in [5.41, 5.74) is -0.346. The molecule has 1 saturated carbocycles. The van der Waals surface area contributed by atoms with E-state index in [1.54, 1.807) is 0 Å². The molecule has 2 nitrogen and oxygen atoms in total. The Labute approximate surface area is 119 Å². The fraction of sp³-hybridized carbons (Fsp3) is 1.00. The van der Waals surface area contributed by atoms with Crippen molar-refractivity contribution < 1.29 is 5.11 Å². The molecule has 1 aliphatic heterocycles. The van der Waals surface area contributed by atoms with Crippen molar-refractivity contribution in [3.05, 3.63) is 0 Å². The summed E-state index contributed by atoms with van der Waals surface area (Å²) in [5.74, 6) is 1.51. The monoisotopic (exact) mass is 267 g/mol. The third-order valence-corrected chi connectivity index (χ3v) is 5.67. The minimum atomic E-state index is -0.346. The highest BCUT2D eigenvalue weighted by Gasteiger charge is 2.39. The second-order valence-electron chi connectivity index (χ2n) is 6.92. The molecule has 0 spiro atoms. The van der Waals surface area contributed by atoms with E-state index >= 15 is 0 Å². The van der Waals surface area contributed by atoms with Crippen molar-refractivity contribution in [1.82, 2.24) is 4.90 Å². The molecule has 1 saturated heterocycles. The topological polar surface area (TPSA) is 23.5 Å². The van der Waals surface area contributed by atoms with Gasteiger partial charge in [-0.15, -0.1) is 0 Å². The molecule has 19 heavy (non-hydrogen) atoms. The SMILES string of the molecule is CCCN1CCCC(O)(C2CCC(CC)CC2)CC1. The standard InChI is InChI=1S/C17H33NO/c1-3-12-18-13-5-10-17(19,11-14-18)16-8-6-15(4-2)7-9-16/h15-16,19H,3-14H2,1-2H3. The lowest BCUT2D eigenvalue weighted by Crippen LogP contribution is -2.41. The van der Waals surface area contributed by atoms with Gasteiger partial charge in [-0.3, -0.25) is 0 Å². The second-order valence-corrected chi connectivity index (χ2v) is 6.92. The third-order valence-electron chi connectivity index (χ3n) is 5.67. The number of likely N-dealkylation sites (tertiary alicyclic amines) is 1. The van der Waals surface area contributed by atoms with Gasteiger partial charge in [-0.05, 0) is 63.5 Å². The number of hydrogen-bond acceptors (Lipinski definition) is 2. The Morgan fingerprint density at radius 1 is 1.05 bits per heavy atom. The normalized spacial score (nSPS) is 38.1. The summed E-state index contributed by atoms with van der Waals surface area (Å²) in [6.07, 6.45) is 11.0. The van der Waals surface area contributed by atoms with Crippen LogP contribution in [0.25, 0.3) is 0 Å². The Balaban J connectivity index is 1.88. The van der Waals surface area contributed by atoms with E-state index in [-0.39, 0.29) is 5.60 Å². The van der Waals surface area contributed by atoms with Gasteiger partial charge in [0.15, 0.2) is 0 Å². The van der Waals surface area contributed by atoms with Gasteiger partial charge in [0, 0.05) is 6.54 Å². The molecule has 0 aromatic carbocycles. The van der Waals surface area contributed by atoms with E-state index in [1.165, 1.54) is 58.0 Å². The van der Waals surface area contributed by atoms with Crippen LogP contribution in [0.5, 0.6) is 0 Å². The molecule has 1 atom stereocenters. The summed E-state index contributed by atoms with van der Waals surface area (Å²) in [6, 6.07) is 0. The van der Waals surface area contributed by atoms with E-state index in [0.717, 1.165) is 25.3 Å². The van der Waals surface area contributed by atoms with Gasteiger partial charge >= 0.3 is 0 Å². The largest absolute Gasteiger partial charge is 0.390 e. The molecule has 0 amide bonds. The highest BCUT2D eigenvalue weighted by atomic mass is 16.3. The molecule has 2 rings (SSSR count). The number of aliphatic hydroxyl groups is 1. The quantitative estimate of drug-likeness (QED) is 0.837. The van der Waals surface area contributed by atoms with Crippen LogP contribution in [0.15, 0.2) is 0 Å². The summed E-state index contributed by atoms with van der Waals surface area (Å²) < 4.78 is 0. The summed E-state index contributed by atoms with van der Waals surface area (Å²) in [6.45, 7) is 8.08. The lowest BCUT2D eigenvalue weighted by Gasteiger charge is -2.40. The van der Waals surface area contributed by atoms with E-state index in [1.807, 2.05) is 0 Å². The van der Waals surface area contributed by atoms with Gasteiger partial charge in [0.25, 0.3) is 0 Å². The van der Waals surface area contributed by atoms with Crippen molar-refractivity contribution in [2.75, 3.05) is 19.6 Å². The molecule has 0 bridgehead atoms. The van der Waals surface area contributed by atoms with Crippen LogP contribution in [0.4, 0.5) is 0 Å². The summed E-state index contributed by atoms with van der Waals surface area (Å²) in [5, 5.41) is 11.1. The molecule has 1 aliphatic carbocycles.